The molecule has 1 aromatic rings. The van der Waals surface area contributed by atoms with Gasteiger partial charge in [0.15, 0.2) is 0 Å². The van der Waals surface area contributed by atoms with Crippen molar-refractivity contribution in [2.45, 2.75) is 43.1 Å². The second-order valence-corrected chi connectivity index (χ2v) is 7.45. The third-order valence-corrected chi connectivity index (χ3v) is 4.02. The second-order valence-electron chi connectivity index (χ2n) is 6.38. The number of benzene rings is 1. The van der Waals surface area contributed by atoms with Gasteiger partial charge < -0.3 is 15.0 Å². The number of hydrogen-bond donors (Lipinski definition) is 1. The molecule has 1 aromatic carbocycles. The number of carbonyl (C=O) groups excluding carboxylic acids is 1. The first-order chi connectivity index (χ1) is 10.7. The zero-order chi connectivity index (χ0) is 17.0. The zero-order valence-electron chi connectivity index (χ0n) is 13.5. The summed E-state index contributed by atoms with van der Waals surface area (Å²) in [6.45, 7) is 7.14. The molecular formula is C16H22F2N2O2S. The highest BCUT2D eigenvalue weighted by atomic mass is 32.2. The lowest BCUT2D eigenvalue weighted by atomic mass is 10.0. The average molecular weight is 344 g/mol. The van der Waals surface area contributed by atoms with Crippen LogP contribution in [0.25, 0.3) is 0 Å². The van der Waals surface area contributed by atoms with Crippen molar-refractivity contribution < 1.29 is 18.3 Å². The summed E-state index contributed by atoms with van der Waals surface area (Å²) < 4.78 is 30.4. The van der Waals surface area contributed by atoms with Crippen LogP contribution in [-0.4, -0.2) is 42.0 Å². The van der Waals surface area contributed by atoms with E-state index < -0.39 is 11.4 Å². The van der Waals surface area contributed by atoms with E-state index in [1.165, 1.54) is 0 Å². The van der Waals surface area contributed by atoms with Crippen LogP contribution in [0.15, 0.2) is 29.2 Å². The van der Waals surface area contributed by atoms with Crippen molar-refractivity contribution in [3.8, 4) is 0 Å². The minimum absolute atomic E-state index is 0.0884. The summed E-state index contributed by atoms with van der Waals surface area (Å²) in [5, 5.41) is 3.32. The molecule has 1 atom stereocenters. The Morgan fingerprint density at radius 2 is 2.17 bits per heavy atom. The number of carbonyl (C=O) groups is 1. The Bertz CT molecular complexity index is 549. The Hall–Kier alpha value is -1.34. The number of hydrogen-bond acceptors (Lipinski definition) is 4. The molecule has 1 saturated heterocycles. The highest BCUT2D eigenvalue weighted by Crippen LogP contribution is 2.28. The lowest BCUT2D eigenvalue weighted by Gasteiger charge is -2.35. The topological polar surface area (TPSA) is 41.6 Å². The first-order valence-corrected chi connectivity index (χ1v) is 8.38. The molecule has 1 N–H and O–H groups in total. The molecule has 23 heavy (non-hydrogen) atoms. The molecule has 0 saturated carbocycles. The molecule has 1 unspecified atom stereocenters. The minimum atomic E-state index is -2.44. The van der Waals surface area contributed by atoms with Gasteiger partial charge >= 0.3 is 6.09 Å². The molecule has 1 aliphatic rings. The van der Waals surface area contributed by atoms with Crippen LogP contribution in [-0.2, 0) is 4.74 Å². The van der Waals surface area contributed by atoms with Crippen LogP contribution in [0.4, 0.5) is 13.6 Å². The van der Waals surface area contributed by atoms with Gasteiger partial charge in [0.25, 0.3) is 5.76 Å². The predicted octanol–water partition coefficient (Wildman–Crippen LogP) is 3.88. The summed E-state index contributed by atoms with van der Waals surface area (Å²) >= 11 is 0.525. The first-order valence-electron chi connectivity index (χ1n) is 7.51. The molecule has 4 nitrogen and oxygen atoms in total. The molecule has 0 aromatic heterocycles. The van der Waals surface area contributed by atoms with Crippen LogP contribution in [0.3, 0.4) is 0 Å². The third-order valence-electron chi connectivity index (χ3n) is 3.31. The summed E-state index contributed by atoms with van der Waals surface area (Å²) in [6, 6.07) is 6.96. The Balaban J connectivity index is 2.05. The van der Waals surface area contributed by atoms with Crippen molar-refractivity contribution in [1.82, 2.24) is 10.2 Å². The van der Waals surface area contributed by atoms with Crippen LogP contribution < -0.4 is 5.32 Å². The van der Waals surface area contributed by atoms with Gasteiger partial charge in [-0.2, -0.15) is 8.78 Å². The smallest absolute Gasteiger partial charge is 0.410 e. The van der Waals surface area contributed by atoms with Gasteiger partial charge in [0, 0.05) is 24.5 Å². The van der Waals surface area contributed by atoms with Crippen molar-refractivity contribution >= 4 is 17.9 Å². The molecule has 1 heterocycles. The van der Waals surface area contributed by atoms with Crippen molar-refractivity contribution in [1.29, 1.82) is 0 Å². The van der Waals surface area contributed by atoms with Crippen molar-refractivity contribution in [3.63, 3.8) is 0 Å². The van der Waals surface area contributed by atoms with E-state index in [1.54, 1.807) is 23.1 Å². The molecule has 1 fully saturated rings. The van der Waals surface area contributed by atoms with E-state index in [0.717, 1.165) is 5.56 Å². The molecule has 0 radical (unpaired) electrons. The van der Waals surface area contributed by atoms with E-state index in [0.29, 0.717) is 36.3 Å². The van der Waals surface area contributed by atoms with Gasteiger partial charge in [-0.25, -0.2) is 4.79 Å². The maximum atomic E-state index is 12.5. The molecule has 1 amide bonds. The summed E-state index contributed by atoms with van der Waals surface area (Å²) in [7, 11) is 0. The van der Waals surface area contributed by atoms with Gasteiger partial charge in [-0.15, -0.1) is 0 Å². The minimum Gasteiger partial charge on any atom is -0.444 e. The molecule has 128 valence electrons. The highest BCUT2D eigenvalue weighted by Gasteiger charge is 2.28. The van der Waals surface area contributed by atoms with Gasteiger partial charge in [-0.05, 0) is 38.5 Å². The molecule has 1 aliphatic heterocycles. The van der Waals surface area contributed by atoms with E-state index in [2.05, 4.69) is 5.32 Å². The lowest BCUT2D eigenvalue weighted by Crippen LogP contribution is -2.49. The summed E-state index contributed by atoms with van der Waals surface area (Å²) in [5.41, 5.74) is 0.356. The highest BCUT2D eigenvalue weighted by molar-refractivity contribution is 7.99. The van der Waals surface area contributed by atoms with Gasteiger partial charge in [0.05, 0.1) is 6.04 Å². The number of piperazine rings is 1. The summed E-state index contributed by atoms with van der Waals surface area (Å²) in [4.78, 5) is 14.3. The fourth-order valence-electron chi connectivity index (χ4n) is 2.37. The second kappa shape index (κ2) is 7.49. The number of nitrogens with one attached hydrogen (secondary N) is 1. The monoisotopic (exact) mass is 344 g/mol. The van der Waals surface area contributed by atoms with Crippen molar-refractivity contribution in [2.24, 2.45) is 0 Å². The number of ether oxygens (including phenoxy) is 1. The largest absolute Gasteiger partial charge is 0.444 e. The van der Waals surface area contributed by atoms with Crippen LogP contribution in [0.1, 0.15) is 32.4 Å². The number of amides is 1. The number of nitrogens with zero attached hydrogens (tertiary/aromatic N) is 1. The van der Waals surface area contributed by atoms with Crippen LogP contribution in [0, 0.1) is 0 Å². The first kappa shape index (κ1) is 18.0. The van der Waals surface area contributed by atoms with E-state index >= 15 is 0 Å². The zero-order valence-corrected chi connectivity index (χ0v) is 14.3. The molecular weight excluding hydrogens is 322 g/mol. The van der Waals surface area contributed by atoms with E-state index in [4.69, 9.17) is 4.74 Å². The maximum Gasteiger partial charge on any atom is 0.410 e. The van der Waals surface area contributed by atoms with Crippen molar-refractivity contribution in [3.05, 3.63) is 29.8 Å². The van der Waals surface area contributed by atoms with Crippen LogP contribution >= 0.6 is 11.8 Å². The molecule has 0 aliphatic carbocycles. The van der Waals surface area contributed by atoms with Gasteiger partial charge in [0.2, 0.25) is 0 Å². The fraction of sp³-hybridized carbons (Fsp3) is 0.562. The van der Waals surface area contributed by atoms with Gasteiger partial charge in [0.1, 0.15) is 5.60 Å². The van der Waals surface area contributed by atoms with Crippen LogP contribution in [0.5, 0.6) is 0 Å². The van der Waals surface area contributed by atoms with E-state index in [-0.39, 0.29) is 12.1 Å². The Labute approximate surface area is 139 Å². The maximum absolute atomic E-state index is 12.5. The van der Waals surface area contributed by atoms with E-state index in [9.17, 15) is 13.6 Å². The third kappa shape index (κ3) is 5.66. The van der Waals surface area contributed by atoms with Crippen molar-refractivity contribution in [2.75, 3.05) is 19.6 Å². The molecule has 0 spiro atoms. The lowest BCUT2D eigenvalue weighted by molar-refractivity contribution is 0.0195. The number of alkyl halides is 2. The SMILES string of the molecule is CC(C)(C)OC(=O)N1CCNC(c2cccc(SC(F)F)c2)C1. The summed E-state index contributed by atoms with van der Waals surface area (Å²) in [6.07, 6.45) is -0.345. The predicted molar refractivity (Wildman–Crippen MR) is 86.9 cm³/mol. The molecule has 2 rings (SSSR count). The normalized spacial score (nSPS) is 19.0. The molecule has 0 bridgehead atoms. The Morgan fingerprint density at radius 1 is 1.43 bits per heavy atom. The van der Waals surface area contributed by atoms with Gasteiger partial charge in [-0.1, -0.05) is 23.9 Å². The van der Waals surface area contributed by atoms with Crippen LogP contribution in [0.2, 0.25) is 0 Å². The number of halogens is 2. The average Bonchev–Trinajstić information content (AvgIpc) is 2.45. The number of thioether (sulfide) groups is 1. The van der Waals surface area contributed by atoms with Gasteiger partial charge in [-0.3, -0.25) is 0 Å². The Kier molecular flexibility index (Phi) is 5.86. The summed E-state index contributed by atoms with van der Waals surface area (Å²) in [5.74, 6) is -2.44. The van der Waals surface area contributed by atoms with E-state index in [1.807, 2.05) is 26.8 Å². The quantitative estimate of drug-likeness (QED) is 0.845. The number of rotatable bonds is 3. The molecule has 7 heteroatoms. The fourth-order valence-corrected chi connectivity index (χ4v) is 2.94. The standard InChI is InChI=1S/C16H22F2N2O2S/c1-16(2,3)22-15(21)20-8-7-19-13(10-20)11-5-4-6-12(9-11)23-14(17)18/h4-6,9,13-14,19H,7-8,10H2,1-3H3. The Morgan fingerprint density at radius 3 is 2.83 bits per heavy atom.